The van der Waals surface area contributed by atoms with E-state index in [4.69, 9.17) is 5.73 Å². The number of rotatable bonds is 0. The molecule has 5 aliphatic rings. The maximum Gasteiger partial charge on any atom is 0.0724 e. The lowest BCUT2D eigenvalue weighted by Crippen LogP contribution is -2.61. The lowest BCUT2D eigenvalue weighted by Gasteiger charge is -2.57. The summed E-state index contributed by atoms with van der Waals surface area (Å²) in [5.74, 6) is 2.89. The van der Waals surface area contributed by atoms with E-state index in [1.165, 1.54) is 25.7 Å². The topological polar surface area (TPSA) is 46.2 Å². The van der Waals surface area contributed by atoms with E-state index in [1.807, 2.05) is 0 Å². The van der Waals surface area contributed by atoms with Crippen molar-refractivity contribution in [2.75, 3.05) is 0 Å². The van der Waals surface area contributed by atoms with Gasteiger partial charge in [-0.25, -0.2) is 0 Å². The highest BCUT2D eigenvalue weighted by Gasteiger charge is 2.53. The minimum Gasteiger partial charge on any atom is -0.391 e. The lowest BCUT2D eigenvalue weighted by atomic mass is 9.50. The van der Waals surface area contributed by atoms with Gasteiger partial charge < -0.3 is 10.8 Å². The Morgan fingerprint density at radius 1 is 1.00 bits per heavy atom. The van der Waals surface area contributed by atoms with Crippen LogP contribution in [0.2, 0.25) is 0 Å². The molecule has 6 unspecified atom stereocenters. The fraction of sp³-hybridized carbons (Fsp3) is 1.00. The van der Waals surface area contributed by atoms with Gasteiger partial charge in [0.25, 0.3) is 0 Å². The number of fused-ring (bicyclic) bond motifs is 2. The highest BCUT2D eigenvalue weighted by Crippen LogP contribution is 2.55. The Balaban J connectivity index is 1.95. The van der Waals surface area contributed by atoms with E-state index in [1.54, 1.807) is 0 Å². The summed E-state index contributed by atoms with van der Waals surface area (Å²) in [6.07, 6.45) is 5.14. The van der Waals surface area contributed by atoms with Crippen molar-refractivity contribution < 1.29 is 5.11 Å². The van der Waals surface area contributed by atoms with E-state index in [0.717, 1.165) is 11.8 Å². The number of nitrogens with two attached hydrogens (primary N) is 1. The normalized spacial score (nSPS) is 62.5. The molecular weight excluding hydrogens is 150 g/mol. The van der Waals surface area contributed by atoms with Crippen LogP contribution in [-0.4, -0.2) is 17.3 Å². The molecule has 0 aromatic rings. The molecule has 4 bridgehead atoms. The summed E-state index contributed by atoms with van der Waals surface area (Å²) in [4.78, 5) is 0. The van der Waals surface area contributed by atoms with Gasteiger partial charge in [-0.05, 0) is 49.4 Å². The van der Waals surface area contributed by atoms with E-state index >= 15 is 0 Å². The Morgan fingerprint density at radius 2 is 1.58 bits per heavy atom. The Bertz CT molecular complexity index is 180. The molecule has 12 heavy (non-hydrogen) atoms. The summed E-state index contributed by atoms with van der Waals surface area (Å²) in [5, 5.41) is 9.86. The van der Waals surface area contributed by atoms with Crippen molar-refractivity contribution in [2.45, 2.75) is 37.8 Å². The Hall–Kier alpha value is -0.0800. The van der Waals surface area contributed by atoms with E-state index in [9.17, 15) is 5.11 Å². The zero-order valence-electron chi connectivity index (χ0n) is 7.32. The van der Waals surface area contributed by atoms with Crippen LogP contribution in [0.3, 0.4) is 0 Å². The molecule has 5 rings (SSSR count). The van der Waals surface area contributed by atoms with Crippen molar-refractivity contribution in [1.82, 2.24) is 0 Å². The van der Waals surface area contributed by atoms with Crippen LogP contribution in [0, 0.1) is 23.7 Å². The molecule has 5 saturated carbocycles. The van der Waals surface area contributed by atoms with Crippen LogP contribution in [0.4, 0.5) is 0 Å². The Kier molecular flexibility index (Phi) is 1.37. The number of hydrogen-bond acceptors (Lipinski definition) is 2. The van der Waals surface area contributed by atoms with Gasteiger partial charge in [0.1, 0.15) is 0 Å². The monoisotopic (exact) mass is 167 g/mol. The first kappa shape index (κ1) is 7.34. The van der Waals surface area contributed by atoms with Crippen LogP contribution in [0.5, 0.6) is 0 Å². The van der Waals surface area contributed by atoms with Gasteiger partial charge in [0.2, 0.25) is 0 Å². The fourth-order valence-electron chi connectivity index (χ4n) is 3.95. The third-order valence-electron chi connectivity index (χ3n) is 4.60. The van der Waals surface area contributed by atoms with Gasteiger partial charge in [-0.1, -0.05) is 0 Å². The maximum absolute atomic E-state index is 9.86. The lowest BCUT2D eigenvalue weighted by molar-refractivity contribution is -0.116. The zero-order chi connectivity index (χ0) is 8.29. The van der Waals surface area contributed by atoms with Gasteiger partial charge in [0, 0.05) is 6.04 Å². The summed E-state index contributed by atoms with van der Waals surface area (Å²) >= 11 is 0. The van der Waals surface area contributed by atoms with E-state index in [0.29, 0.717) is 11.8 Å². The van der Waals surface area contributed by atoms with Crippen LogP contribution >= 0.6 is 0 Å². The minimum atomic E-state index is -0.176. The molecule has 5 fully saturated rings. The van der Waals surface area contributed by atoms with Crippen LogP contribution in [0.25, 0.3) is 0 Å². The van der Waals surface area contributed by atoms with Gasteiger partial charge >= 0.3 is 0 Å². The van der Waals surface area contributed by atoms with Crippen LogP contribution in [-0.2, 0) is 0 Å². The first-order chi connectivity index (χ1) is 5.77. The number of hydrogen-bond donors (Lipinski definition) is 2. The molecule has 2 nitrogen and oxygen atoms in total. The smallest absolute Gasteiger partial charge is 0.0724 e. The summed E-state index contributed by atoms with van der Waals surface area (Å²) in [6.45, 7) is 0. The molecule has 0 saturated heterocycles. The van der Waals surface area contributed by atoms with Gasteiger partial charge in [-0.3, -0.25) is 0 Å². The number of aliphatic hydroxyl groups excluding tert-OH is 1. The third-order valence-corrected chi connectivity index (χ3v) is 4.60. The molecule has 68 valence electrons. The van der Waals surface area contributed by atoms with Crippen molar-refractivity contribution in [3.05, 3.63) is 0 Å². The van der Waals surface area contributed by atoms with E-state index in [2.05, 4.69) is 0 Å². The molecule has 0 aliphatic heterocycles. The second kappa shape index (κ2) is 2.24. The van der Waals surface area contributed by atoms with Crippen LogP contribution < -0.4 is 5.73 Å². The highest BCUT2D eigenvalue weighted by molar-refractivity contribution is 5.05. The number of aliphatic hydroxyl groups is 1. The van der Waals surface area contributed by atoms with Crippen molar-refractivity contribution in [3.63, 3.8) is 0 Å². The third kappa shape index (κ3) is 0.728. The van der Waals surface area contributed by atoms with Crippen molar-refractivity contribution in [3.8, 4) is 0 Å². The minimum absolute atomic E-state index is 0.102. The largest absolute Gasteiger partial charge is 0.391 e. The van der Waals surface area contributed by atoms with E-state index in [-0.39, 0.29) is 12.1 Å². The summed E-state index contributed by atoms with van der Waals surface area (Å²) in [6, 6.07) is 0.102. The SMILES string of the molecule is NC1C(O)C2CC3CCC2CC31. The average Bonchev–Trinajstić information content (AvgIpc) is 2.14. The molecule has 0 aromatic heterocycles. The molecule has 0 spiro atoms. The predicted molar refractivity (Wildman–Crippen MR) is 46.4 cm³/mol. The highest BCUT2D eigenvalue weighted by atomic mass is 16.3. The predicted octanol–water partition coefficient (Wildman–Crippen LogP) is 0.741. The molecule has 0 radical (unpaired) electrons. The average molecular weight is 167 g/mol. The van der Waals surface area contributed by atoms with Gasteiger partial charge in [0.15, 0.2) is 0 Å². The van der Waals surface area contributed by atoms with Gasteiger partial charge in [-0.15, -0.1) is 0 Å². The second-order valence-electron chi connectivity index (χ2n) is 4.96. The standard InChI is InChI=1S/C10H17NO/c11-9-7-3-6-2-1-5(7)4-8(6)10(9)12/h5-10,12H,1-4,11H2. The second-order valence-corrected chi connectivity index (χ2v) is 4.96. The first-order valence-corrected chi connectivity index (χ1v) is 5.21. The molecule has 2 heteroatoms. The van der Waals surface area contributed by atoms with E-state index < -0.39 is 0 Å². The quantitative estimate of drug-likeness (QED) is 0.559. The van der Waals surface area contributed by atoms with Crippen LogP contribution in [0.1, 0.15) is 25.7 Å². The van der Waals surface area contributed by atoms with Gasteiger partial charge in [-0.2, -0.15) is 0 Å². The molecule has 6 atom stereocenters. The summed E-state index contributed by atoms with van der Waals surface area (Å²) in [5.41, 5.74) is 6.00. The van der Waals surface area contributed by atoms with Crippen LogP contribution in [0.15, 0.2) is 0 Å². The Labute approximate surface area is 73.1 Å². The van der Waals surface area contributed by atoms with Gasteiger partial charge in [0.05, 0.1) is 6.10 Å². The summed E-state index contributed by atoms with van der Waals surface area (Å²) in [7, 11) is 0. The maximum atomic E-state index is 9.86. The molecule has 5 aliphatic carbocycles. The Morgan fingerprint density at radius 3 is 2.08 bits per heavy atom. The molecule has 0 amide bonds. The molecule has 3 N–H and O–H groups in total. The summed E-state index contributed by atoms with van der Waals surface area (Å²) < 4.78 is 0. The van der Waals surface area contributed by atoms with Crippen molar-refractivity contribution in [1.29, 1.82) is 0 Å². The molecular formula is C10H17NO. The van der Waals surface area contributed by atoms with Crippen molar-refractivity contribution in [2.24, 2.45) is 29.4 Å². The fourth-order valence-corrected chi connectivity index (χ4v) is 3.95. The first-order valence-electron chi connectivity index (χ1n) is 5.21. The van der Waals surface area contributed by atoms with Crippen molar-refractivity contribution >= 4 is 0 Å². The zero-order valence-corrected chi connectivity index (χ0v) is 7.32. The molecule has 0 aromatic carbocycles. The molecule has 0 heterocycles.